The van der Waals surface area contributed by atoms with E-state index in [1.807, 2.05) is 19.1 Å². The summed E-state index contributed by atoms with van der Waals surface area (Å²) in [6, 6.07) is 3.81. The van der Waals surface area contributed by atoms with E-state index in [0.717, 1.165) is 16.6 Å². The second-order valence-corrected chi connectivity index (χ2v) is 3.15. The lowest BCUT2D eigenvalue weighted by Crippen LogP contribution is -1.89. The van der Waals surface area contributed by atoms with Gasteiger partial charge in [0.25, 0.3) is 0 Å². The molecule has 0 aliphatic rings. The minimum absolute atomic E-state index is 0.0499. The number of aryl methyl sites for hydroxylation is 1. The summed E-state index contributed by atoms with van der Waals surface area (Å²) < 4.78 is 0. The first-order chi connectivity index (χ1) is 6.16. The Balaban J connectivity index is 2.68. The van der Waals surface area contributed by atoms with Gasteiger partial charge < -0.3 is 4.98 Å². The topological polar surface area (TPSA) is 45.8 Å². The fraction of sp³-hybridized carbons (Fsp3) is 0.200. The molecule has 0 amide bonds. The molecule has 13 heavy (non-hydrogen) atoms. The number of pyridine rings is 1. The van der Waals surface area contributed by atoms with Crippen molar-refractivity contribution in [1.29, 1.82) is 0 Å². The van der Waals surface area contributed by atoms with Gasteiger partial charge in [-0.3, -0.25) is 9.78 Å². The lowest BCUT2D eigenvalue weighted by Gasteiger charge is -1.89. The molecule has 0 saturated carbocycles. The Morgan fingerprint density at radius 2 is 2.23 bits per heavy atom. The molecule has 2 heterocycles. The molecule has 3 nitrogen and oxygen atoms in total. The van der Waals surface area contributed by atoms with Gasteiger partial charge in [-0.05, 0) is 19.1 Å². The van der Waals surface area contributed by atoms with Crippen LogP contribution in [0.5, 0.6) is 0 Å². The number of nitrogens with zero attached hydrogens (tertiary/aromatic N) is 1. The molecule has 0 radical (unpaired) electrons. The van der Waals surface area contributed by atoms with Crippen LogP contribution in [-0.2, 0) is 0 Å². The quantitative estimate of drug-likeness (QED) is 0.673. The second-order valence-electron chi connectivity index (χ2n) is 3.15. The van der Waals surface area contributed by atoms with Crippen molar-refractivity contribution >= 4 is 16.7 Å². The number of fused-ring (bicyclic) bond motifs is 1. The van der Waals surface area contributed by atoms with Gasteiger partial charge in [-0.1, -0.05) is 0 Å². The molecular weight excluding hydrogens is 164 g/mol. The molecule has 0 saturated heterocycles. The Kier molecular flexibility index (Phi) is 1.65. The Hall–Kier alpha value is -1.64. The van der Waals surface area contributed by atoms with Crippen molar-refractivity contribution in [1.82, 2.24) is 9.97 Å². The highest BCUT2D eigenvalue weighted by molar-refractivity contribution is 5.97. The highest BCUT2D eigenvalue weighted by Crippen LogP contribution is 2.15. The van der Waals surface area contributed by atoms with Crippen LogP contribution in [0, 0.1) is 6.92 Å². The van der Waals surface area contributed by atoms with E-state index < -0.39 is 0 Å². The van der Waals surface area contributed by atoms with Crippen LogP contribution < -0.4 is 0 Å². The first-order valence-corrected chi connectivity index (χ1v) is 4.13. The van der Waals surface area contributed by atoms with E-state index in [0.29, 0.717) is 5.69 Å². The highest BCUT2D eigenvalue weighted by atomic mass is 16.1. The number of hydrogen-bond donors (Lipinski definition) is 1. The van der Waals surface area contributed by atoms with Gasteiger partial charge in [0.05, 0.1) is 17.4 Å². The van der Waals surface area contributed by atoms with E-state index in [-0.39, 0.29) is 5.78 Å². The number of nitrogens with one attached hydrogen (secondary N) is 1. The van der Waals surface area contributed by atoms with Gasteiger partial charge >= 0.3 is 0 Å². The fourth-order valence-corrected chi connectivity index (χ4v) is 1.33. The first kappa shape index (κ1) is 7.98. The van der Waals surface area contributed by atoms with E-state index in [1.54, 1.807) is 13.1 Å². The zero-order valence-corrected chi connectivity index (χ0v) is 7.59. The van der Waals surface area contributed by atoms with Gasteiger partial charge in [0, 0.05) is 18.0 Å². The molecule has 0 aliphatic carbocycles. The summed E-state index contributed by atoms with van der Waals surface area (Å²) in [5.41, 5.74) is 2.51. The number of aromatic amines is 1. The zero-order valence-electron chi connectivity index (χ0n) is 7.59. The van der Waals surface area contributed by atoms with Gasteiger partial charge in [-0.15, -0.1) is 0 Å². The van der Waals surface area contributed by atoms with Crippen LogP contribution in [0.3, 0.4) is 0 Å². The Bertz CT molecular complexity index is 471. The van der Waals surface area contributed by atoms with Crippen molar-refractivity contribution in [2.24, 2.45) is 0 Å². The summed E-state index contributed by atoms with van der Waals surface area (Å²) in [7, 11) is 0. The van der Waals surface area contributed by atoms with Crippen molar-refractivity contribution in [3.63, 3.8) is 0 Å². The van der Waals surface area contributed by atoms with Gasteiger partial charge in [0.2, 0.25) is 0 Å². The zero-order chi connectivity index (χ0) is 9.42. The number of carbonyl (C=O) groups is 1. The average molecular weight is 174 g/mol. The smallest absolute Gasteiger partial charge is 0.175 e. The largest absolute Gasteiger partial charge is 0.351 e. The Morgan fingerprint density at radius 1 is 1.46 bits per heavy atom. The number of carbonyl (C=O) groups excluding carboxylic acids is 1. The van der Waals surface area contributed by atoms with Crippen molar-refractivity contribution in [2.45, 2.75) is 13.8 Å². The predicted molar refractivity (Wildman–Crippen MR) is 50.8 cm³/mol. The second kappa shape index (κ2) is 2.69. The van der Waals surface area contributed by atoms with Crippen LogP contribution in [0.25, 0.3) is 10.9 Å². The summed E-state index contributed by atoms with van der Waals surface area (Å²) in [5, 5.41) is 1.04. The molecule has 1 N–H and O–H groups in total. The third kappa shape index (κ3) is 1.33. The number of H-pyrrole nitrogens is 1. The Labute approximate surface area is 75.8 Å². The maximum absolute atomic E-state index is 11.0. The van der Waals surface area contributed by atoms with Gasteiger partial charge in [0.15, 0.2) is 5.78 Å². The third-order valence-electron chi connectivity index (χ3n) is 2.02. The van der Waals surface area contributed by atoms with E-state index >= 15 is 0 Å². The van der Waals surface area contributed by atoms with Gasteiger partial charge in [-0.2, -0.15) is 0 Å². The minimum Gasteiger partial charge on any atom is -0.351 e. The van der Waals surface area contributed by atoms with Crippen molar-refractivity contribution < 1.29 is 4.79 Å². The molecule has 2 rings (SSSR count). The van der Waals surface area contributed by atoms with E-state index in [1.165, 1.54) is 0 Å². The predicted octanol–water partition coefficient (Wildman–Crippen LogP) is 2.07. The van der Waals surface area contributed by atoms with Crippen molar-refractivity contribution in [3.05, 3.63) is 29.7 Å². The number of rotatable bonds is 1. The normalized spacial score (nSPS) is 10.6. The van der Waals surface area contributed by atoms with E-state index in [9.17, 15) is 4.79 Å². The SMILES string of the molecule is CC(=O)c1cc2cc(C)ncc2[nH]1. The molecule has 0 aliphatic heterocycles. The fourth-order valence-electron chi connectivity index (χ4n) is 1.33. The molecule has 3 heteroatoms. The minimum atomic E-state index is 0.0499. The van der Waals surface area contributed by atoms with Crippen LogP contribution in [-0.4, -0.2) is 15.8 Å². The summed E-state index contributed by atoms with van der Waals surface area (Å²) >= 11 is 0. The van der Waals surface area contributed by atoms with Crippen molar-refractivity contribution in [3.8, 4) is 0 Å². The molecule has 2 aromatic rings. The van der Waals surface area contributed by atoms with Crippen molar-refractivity contribution in [2.75, 3.05) is 0 Å². The molecule has 0 atom stereocenters. The monoisotopic (exact) mass is 174 g/mol. The summed E-state index contributed by atoms with van der Waals surface area (Å²) in [6.45, 7) is 3.48. The summed E-state index contributed by atoms with van der Waals surface area (Å²) in [5.74, 6) is 0.0499. The molecule has 66 valence electrons. The average Bonchev–Trinajstić information content (AvgIpc) is 2.46. The number of ketones is 1. The van der Waals surface area contributed by atoms with Gasteiger partial charge in [0.1, 0.15) is 0 Å². The van der Waals surface area contributed by atoms with Crippen LogP contribution in [0.15, 0.2) is 18.3 Å². The van der Waals surface area contributed by atoms with Crippen LogP contribution >= 0.6 is 0 Å². The van der Waals surface area contributed by atoms with Crippen LogP contribution in [0.2, 0.25) is 0 Å². The lowest BCUT2D eigenvalue weighted by atomic mass is 10.2. The number of Topliss-reactive ketones (excluding diaryl/α,β-unsaturated/α-hetero) is 1. The third-order valence-corrected chi connectivity index (χ3v) is 2.02. The molecule has 2 aromatic heterocycles. The maximum atomic E-state index is 11.0. The number of hydrogen-bond acceptors (Lipinski definition) is 2. The van der Waals surface area contributed by atoms with E-state index in [4.69, 9.17) is 0 Å². The summed E-state index contributed by atoms with van der Waals surface area (Å²) in [6.07, 6.45) is 1.75. The molecule has 0 bridgehead atoms. The lowest BCUT2D eigenvalue weighted by molar-refractivity contribution is 0.101. The summed E-state index contributed by atoms with van der Waals surface area (Å²) in [4.78, 5) is 18.2. The van der Waals surface area contributed by atoms with Crippen LogP contribution in [0.1, 0.15) is 23.1 Å². The molecule has 0 spiro atoms. The van der Waals surface area contributed by atoms with E-state index in [2.05, 4.69) is 9.97 Å². The standard InChI is InChI=1S/C10H10N2O/c1-6-3-8-4-9(7(2)13)12-10(8)5-11-6/h3-5,12H,1-2H3. The molecule has 0 unspecified atom stereocenters. The van der Waals surface area contributed by atoms with Crippen LogP contribution in [0.4, 0.5) is 0 Å². The molecule has 0 aromatic carbocycles. The maximum Gasteiger partial charge on any atom is 0.175 e. The molecular formula is C10H10N2O. The Morgan fingerprint density at radius 3 is 2.92 bits per heavy atom. The van der Waals surface area contributed by atoms with Gasteiger partial charge in [-0.25, -0.2) is 0 Å². The number of aromatic nitrogens is 2. The molecule has 0 fully saturated rings. The highest BCUT2D eigenvalue weighted by Gasteiger charge is 2.04. The first-order valence-electron chi connectivity index (χ1n) is 4.13.